The van der Waals surface area contributed by atoms with Crippen molar-refractivity contribution in [1.82, 2.24) is 10.3 Å². The number of hydrogen-bond donors (Lipinski definition) is 2. The molecule has 0 saturated heterocycles. The Bertz CT molecular complexity index is 337. The highest BCUT2D eigenvalue weighted by Crippen LogP contribution is 2.25. The van der Waals surface area contributed by atoms with Gasteiger partial charge in [-0.3, -0.25) is 0 Å². The van der Waals surface area contributed by atoms with Gasteiger partial charge in [0.2, 0.25) is 0 Å². The number of thiazole rings is 1. The third kappa shape index (κ3) is 2.81. The van der Waals surface area contributed by atoms with Crippen molar-refractivity contribution in [2.75, 3.05) is 6.54 Å². The van der Waals surface area contributed by atoms with E-state index in [1.54, 1.807) is 11.3 Å². The van der Waals surface area contributed by atoms with Gasteiger partial charge in [-0.05, 0) is 32.6 Å². The van der Waals surface area contributed by atoms with Crippen molar-refractivity contribution in [3.63, 3.8) is 0 Å². The van der Waals surface area contributed by atoms with Gasteiger partial charge >= 0.3 is 0 Å². The molecule has 1 aromatic heterocycles. The van der Waals surface area contributed by atoms with Crippen molar-refractivity contribution >= 4 is 11.3 Å². The maximum absolute atomic E-state index is 6.05. The first-order valence-corrected chi connectivity index (χ1v) is 6.89. The number of aromatic nitrogens is 1. The van der Waals surface area contributed by atoms with E-state index in [-0.39, 0.29) is 0 Å². The standard InChI is InChI=1S/C12H21N3S/c1-8-6-15-12(16-8)9(2)14-7-10-4-3-5-11(10)13/h6,9-11,14H,3-5,7,13H2,1-2H3. The molecule has 4 heteroatoms. The van der Waals surface area contributed by atoms with E-state index in [0.717, 1.165) is 6.54 Å². The van der Waals surface area contributed by atoms with Gasteiger partial charge in [-0.2, -0.15) is 0 Å². The smallest absolute Gasteiger partial charge is 0.109 e. The molecule has 16 heavy (non-hydrogen) atoms. The second-order valence-corrected chi connectivity index (χ2v) is 6.06. The third-order valence-electron chi connectivity index (χ3n) is 3.41. The molecule has 0 aromatic carbocycles. The second kappa shape index (κ2) is 5.25. The number of rotatable bonds is 4. The highest BCUT2D eigenvalue weighted by Gasteiger charge is 2.24. The molecule has 0 bridgehead atoms. The van der Waals surface area contributed by atoms with Crippen LogP contribution in [0.1, 0.15) is 42.1 Å². The van der Waals surface area contributed by atoms with Crippen LogP contribution in [-0.4, -0.2) is 17.6 Å². The van der Waals surface area contributed by atoms with Crippen LogP contribution in [0.25, 0.3) is 0 Å². The van der Waals surface area contributed by atoms with Gasteiger partial charge in [0.05, 0.1) is 6.04 Å². The van der Waals surface area contributed by atoms with Gasteiger partial charge in [-0.1, -0.05) is 6.42 Å². The van der Waals surface area contributed by atoms with Gasteiger partial charge in [0.25, 0.3) is 0 Å². The summed E-state index contributed by atoms with van der Waals surface area (Å²) in [5, 5.41) is 4.74. The number of nitrogens with one attached hydrogen (secondary N) is 1. The maximum atomic E-state index is 6.05. The monoisotopic (exact) mass is 239 g/mol. The average Bonchev–Trinajstić information content (AvgIpc) is 2.84. The molecule has 1 heterocycles. The lowest BCUT2D eigenvalue weighted by atomic mass is 10.0. The first kappa shape index (κ1) is 12.0. The quantitative estimate of drug-likeness (QED) is 0.847. The summed E-state index contributed by atoms with van der Waals surface area (Å²) >= 11 is 1.77. The van der Waals surface area contributed by atoms with E-state index in [1.807, 2.05) is 6.20 Å². The van der Waals surface area contributed by atoms with Gasteiger partial charge in [-0.15, -0.1) is 11.3 Å². The fraction of sp³-hybridized carbons (Fsp3) is 0.750. The van der Waals surface area contributed by atoms with Crippen LogP contribution in [0.3, 0.4) is 0 Å². The van der Waals surface area contributed by atoms with Gasteiger partial charge in [0.1, 0.15) is 5.01 Å². The molecule has 1 aliphatic rings. The molecule has 1 fully saturated rings. The summed E-state index contributed by atoms with van der Waals surface area (Å²) in [7, 11) is 0. The van der Waals surface area contributed by atoms with Crippen LogP contribution in [0.5, 0.6) is 0 Å². The van der Waals surface area contributed by atoms with Crippen LogP contribution >= 0.6 is 11.3 Å². The third-order valence-corrected chi connectivity index (χ3v) is 4.51. The Morgan fingerprint density at radius 3 is 3.00 bits per heavy atom. The molecular weight excluding hydrogens is 218 g/mol. The van der Waals surface area contributed by atoms with Crippen molar-refractivity contribution in [2.24, 2.45) is 11.7 Å². The number of hydrogen-bond acceptors (Lipinski definition) is 4. The van der Waals surface area contributed by atoms with E-state index >= 15 is 0 Å². The van der Waals surface area contributed by atoms with Gasteiger partial charge in [0, 0.05) is 23.7 Å². The lowest BCUT2D eigenvalue weighted by molar-refractivity contribution is 0.416. The molecule has 3 atom stereocenters. The summed E-state index contributed by atoms with van der Waals surface area (Å²) in [4.78, 5) is 5.68. The zero-order valence-corrected chi connectivity index (χ0v) is 10.9. The Labute approximate surface area is 101 Å². The molecule has 0 spiro atoms. The minimum atomic E-state index is 0.353. The Morgan fingerprint density at radius 1 is 1.62 bits per heavy atom. The molecule has 0 aliphatic heterocycles. The van der Waals surface area contributed by atoms with Crippen LogP contribution in [0.4, 0.5) is 0 Å². The van der Waals surface area contributed by atoms with Crippen molar-refractivity contribution in [2.45, 2.75) is 45.2 Å². The normalized spacial score (nSPS) is 27.2. The Balaban J connectivity index is 1.81. The predicted molar refractivity (Wildman–Crippen MR) is 68.6 cm³/mol. The molecule has 1 saturated carbocycles. The molecular formula is C12H21N3S. The topological polar surface area (TPSA) is 50.9 Å². The van der Waals surface area contributed by atoms with E-state index in [1.165, 1.54) is 29.1 Å². The molecule has 3 unspecified atom stereocenters. The molecule has 0 radical (unpaired) electrons. The highest BCUT2D eigenvalue weighted by molar-refractivity contribution is 7.11. The summed E-state index contributed by atoms with van der Waals surface area (Å²) in [6.45, 7) is 5.31. The summed E-state index contributed by atoms with van der Waals surface area (Å²) in [6, 6.07) is 0.754. The Morgan fingerprint density at radius 2 is 2.44 bits per heavy atom. The van der Waals surface area contributed by atoms with Crippen LogP contribution < -0.4 is 11.1 Å². The van der Waals surface area contributed by atoms with Crippen molar-refractivity contribution in [1.29, 1.82) is 0 Å². The number of nitrogens with two attached hydrogens (primary N) is 1. The minimum absolute atomic E-state index is 0.353. The van der Waals surface area contributed by atoms with Crippen molar-refractivity contribution in [3.8, 4) is 0 Å². The molecule has 1 aromatic rings. The SMILES string of the molecule is Cc1cnc(C(C)NCC2CCCC2N)s1. The summed E-state index contributed by atoms with van der Waals surface area (Å²) in [5.41, 5.74) is 6.05. The lowest BCUT2D eigenvalue weighted by Crippen LogP contribution is -2.34. The molecule has 2 rings (SSSR count). The van der Waals surface area contributed by atoms with Crippen LogP contribution in [0, 0.1) is 12.8 Å². The molecule has 0 amide bonds. The molecule has 1 aliphatic carbocycles. The summed E-state index contributed by atoms with van der Waals surface area (Å²) < 4.78 is 0. The fourth-order valence-electron chi connectivity index (χ4n) is 2.31. The van der Waals surface area contributed by atoms with Gasteiger partial charge in [0.15, 0.2) is 0 Å². The zero-order chi connectivity index (χ0) is 11.5. The molecule has 3 N–H and O–H groups in total. The van der Waals surface area contributed by atoms with Crippen molar-refractivity contribution in [3.05, 3.63) is 16.1 Å². The number of nitrogens with zero attached hydrogens (tertiary/aromatic N) is 1. The van der Waals surface area contributed by atoms with E-state index < -0.39 is 0 Å². The van der Waals surface area contributed by atoms with E-state index in [2.05, 4.69) is 24.1 Å². The van der Waals surface area contributed by atoms with Gasteiger partial charge < -0.3 is 11.1 Å². The van der Waals surface area contributed by atoms with Gasteiger partial charge in [-0.25, -0.2) is 4.98 Å². The zero-order valence-electron chi connectivity index (χ0n) is 10.1. The van der Waals surface area contributed by atoms with Crippen LogP contribution in [-0.2, 0) is 0 Å². The Kier molecular flexibility index (Phi) is 3.95. The summed E-state index contributed by atoms with van der Waals surface area (Å²) in [5.74, 6) is 0.656. The first-order valence-electron chi connectivity index (χ1n) is 6.08. The molecule has 90 valence electrons. The fourth-order valence-corrected chi connectivity index (χ4v) is 3.11. The average molecular weight is 239 g/mol. The maximum Gasteiger partial charge on any atom is 0.109 e. The number of aryl methyl sites for hydroxylation is 1. The largest absolute Gasteiger partial charge is 0.327 e. The van der Waals surface area contributed by atoms with Crippen LogP contribution in [0.2, 0.25) is 0 Å². The Hall–Kier alpha value is -0.450. The minimum Gasteiger partial charge on any atom is -0.327 e. The first-order chi connectivity index (χ1) is 7.66. The second-order valence-electron chi connectivity index (χ2n) is 4.79. The van der Waals surface area contributed by atoms with Crippen molar-refractivity contribution < 1.29 is 0 Å². The van der Waals surface area contributed by atoms with E-state index in [9.17, 15) is 0 Å². The van der Waals surface area contributed by atoms with E-state index in [0.29, 0.717) is 18.0 Å². The molecule has 3 nitrogen and oxygen atoms in total. The predicted octanol–water partition coefficient (Wildman–Crippen LogP) is 2.23. The van der Waals surface area contributed by atoms with E-state index in [4.69, 9.17) is 5.73 Å². The lowest BCUT2D eigenvalue weighted by Gasteiger charge is -2.18. The summed E-state index contributed by atoms with van der Waals surface area (Å²) in [6.07, 6.45) is 5.70. The van der Waals surface area contributed by atoms with Crippen LogP contribution in [0.15, 0.2) is 6.20 Å². The highest BCUT2D eigenvalue weighted by atomic mass is 32.1.